The second kappa shape index (κ2) is 24.7. The molecule has 16 heteroatoms. The van der Waals surface area contributed by atoms with Crippen molar-refractivity contribution in [3.8, 4) is 23.0 Å². The summed E-state index contributed by atoms with van der Waals surface area (Å²) >= 11 is 5.97. The van der Waals surface area contributed by atoms with Gasteiger partial charge < -0.3 is 37.9 Å². The number of rotatable bonds is 20. The van der Waals surface area contributed by atoms with Crippen LogP contribution in [0.3, 0.4) is 0 Å². The SMILES string of the molecule is O=C(COc1c2cccc1Cc1cccc(c1OCC(=O)OCc1cccs1)Cc1cccc(c1OCC(=O)OCc1cccs1)Cc1cccc(c1OCC(=O)OCc1cccs1)C2)OCc1cccs1. The Morgan fingerprint density at radius 3 is 0.694 bits per heavy atom. The Kier molecular flexibility index (Phi) is 17.1. The Morgan fingerprint density at radius 2 is 0.514 bits per heavy atom. The third kappa shape index (κ3) is 13.6. The highest BCUT2D eigenvalue weighted by atomic mass is 32.1. The minimum atomic E-state index is -0.541. The third-order valence-corrected chi connectivity index (χ3v) is 14.8. The Hall–Kier alpha value is -7.24. The summed E-state index contributed by atoms with van der Waals surface area (Å²) in [6, 6.07) is 38.3. The monoisotopic (exact) mass is 1040 g/mol. The van der Waals surface area contributed by atoms with E-state index in [1.807, 2.05) is 143 Å². The van der Waals surface area contributed by atoms with Gasteiger partial charge in [0.1, 0.15) is 49.4 Å². The van der Waals surface area contributed by atoms with E-state index in [-0.39, 0.29) is 78.5 Å². The van der Waals surface area contributed by atoms with Crippen molar-refractivity contribution in [2.75, 3.05) is 26.4 Å². The molecule has 12 nitrogen and oxygen atoms in total. The fourth-order valence-corrected chi connectivity index (χ4v) is 10.6. The molecule has 8 bridgehead atoms. The summed E-state index contributed by atoms with van der Waals surface area (Å²) in [4.78, 5) is 56.8. The molecular weight excluding hydrogens is 993 g/mol. The molecule has 4 aromatic heterocycles. The lowest BCUT2D eigenvalue weighted by Crippen LogP contribution is -2.18. The molecule has 0 saturated heterocycles. The molecule has 0 unspecified atom stereocenters. The van der Waals surface area contributed by atoms with Crippen molar-refractivity contribution in [2.24, 2.45) is 0 Å². The molecule has 0 atom stereocenters. The van der Waals surface area contributed by atoms with Gasteiger partial charge in [-0.2, -0.15) is 0 Å². The van der Waals surface area contributed by atoms with E-state index in [0.717, 1.165) is 64.0 Å². The van der Waals surface area contributed by atoms with Crippen LogP contribution in [-0.4, -0.2) is 50.3 Å². The molecule has 4 heterocycles. The number of carbonyl (C=O) groups excluding carboxylic acids is 4. The lowest BCUT2D eigenvalue weighted by molar-refractivity contribution is -0.148. The van der Waals surface area contributed by atoms with E-state index in [2.05, 4.69) is 0 Å². The number of benzene rings is 4. The Labute approximate surface area is 432 Å². The van der Waals surface area contributed by atoms with E-state index in [9.17, 15) is 19.2 Å². The van der Waals surface area contributed by atoms with Crippen LogP contribution in [-0.2, 0) is 90.2 Å². The molecule has 0 radical (unpaired) electrons. The van der Waals surface area contributed by atoms with E-state index in [1.165, 1.54) is 45.3 Å². The minimum Gasteiger partial charge on any atom is -0.481 e. The molecule has 1 aliphatic carbocycles. The molecule has 0 amide bonds. The highest BCUT2D eigenvalue weighted by Crippen LogP contribution is 2.39. The van der Waals surface area contributed by atoms with E-state index >= 15 is 0 Å². The first-order valence-corrected chi connectivity index (χ1v) is 26.5. The molecule has 0 saturated carbocycles. The van der Waals surface area contributed by atoms with Gasteiger partial charge in [-0.25, -0.2) is 19.2 Å². The normalized spacial score (nSPS) is 11.8. The van der Waals surface area contributed by atoms with Crippen molar-refractivity contribution in [3.05, 3.63) is 207 Å². The molecule has 1 aliphatic rings. The second-order valence-corrected chi connectivity index (χ2v) is 20.6. The Morgan fingerprint density at radius 1 is 0.306 bits per heavy atom. The Bertz CT molecular complexity index is 2580. The molecule has 0 aliphatic heterocycles. The van der Waals surface area contributed by atoms with Crippen molar-refractivity contribution in [1.82, 2.24) is 0 Å². The van der Waals surface area contributed by atoms with Crippen LogP contribution >= 0.6 is 45.3 Å². The van der Waals surface area contributed by atoms with Crippen LogP contribution in [0.15, 0.2) is 143 Å². The standard InChI is InChI=1S/C56H48O12S4/c57-49(61-29-45-17-5-21-69-45)33-65-53-37-9-1-10-38(53)26-40-12-3-14-42(55(40)67-35-51(59)63-31-47-19-7-23-71-47)28-44-16-4-15-43(56(44)68-36-52(60)64-32-48-20-8-24-72-48)27-41-13-2-11-39(25-37)54(41)66-34-50(58)62-30-46-18-6-22-70-46/h1-24H,25-36H2. The predicted molar refractivity (Wildman–Crippen MR) is 275 cm³/mol. The molecule has 72 heavy (non-hydrogen) atoms. The summed E-state index contributed by atoms with van der Waals surface area (Å²) in [5.74, 6) is -0.321. The third-order valence-electron chi connectivity index (χ3n) is 11.4. The number of ether oxygens (including phenoxy) is 8. The maximum Gasteiger partial charge on any atom is 0.344 e. The van der Waals surface area contributed by atoms with Crippen LogP contribution < -0.4 is 18.9 Å². The first-order chi connectivity index (χ1) is 35.3. The van der Waals surface area contributed by atoms with Gasteiger partial charge in [-0.1, -0.05) is 97.1 Å². The lowest BCUT2D eigenvalue weighted by Gasteiger charge is -2.22. The van der Waals surface area contributed by atoms with E-state index in [0.29, 0.717) is 23.0 Å². The summed E-state index contributed by atoms with van der Waals surface area (Å²) in [6.07, 6.45) is 1.05. The summed E-state index contributed by atoms with van der Waals surface area (Å²) < 4.78 is 48.4. The number of fused-ring (bicyclic) bond motifs is 8. The number of para-hydroxylation sites is 4. The highest BCUT2D eigenvalue weighted by Gasteiger charge is 2.24. The van der Waals surface area contributed by atoms with E-state index < -0.39 is 23.9 Å². The topological polar surface area (TPSA) is 142 Å². The van der Waals surface area contributed by atoms with Gasteiger partial charge in [0.15, 0.2) is 26.4 Å². The zero-order valence-electron chi connectivity index (χ0n) is 38.9. The summed E-state index contributed by atoms with van der Waals surface area (Å²) in [6.45, 7) is -0.989. The van der Waals surface area contributed by atoms with Crippen LogP contribution in [0.4, 0.5) is 0 Å². The zero-order valence-corrected chi connectivity index (χ0v) is 42.1. The minimum absolute atomic E-state index is 0.120. The zero-order chi connectivity index (χ0) is 49.5. The fraction of sp³-hybridized carbons (Fsp3) is 0.214. The molecule has 368 valence electrons. The molecule has 0 fully saturated rings. The van der Waals surface area contributed by atoms with Crippen LogP contribution in [0.1, 0.15) is 64.0 Å². The van der Waals surface area contributed by atoms with Crippen molar-refractivity contribution >= 4 is 69.2 Å². The molecule has 9 rings (SSSR count). The van der Waals surface area contributed by atoms with E-state index in [4.69, 9.17) is 37.9 Å². The van der Waals surface area contributed by atoms with Crippen LogP contribution in [0, 0.1) is 0 Å². The first-order valence-electron chi connectivity index (χ1n) is 23.0. The van der Waals surface area contributed by atoms with Gasteiger partial charge in [-0.05, 0) is 90.3 Å². The first kappa shape index (κ1) is 49.7. The number of esters is 4. The average molecular weight is 1040 g/mol. The summed E-state index contributed by atoms with van der Waals surface area (Å²) in [7, 11) is 0. The van der Waals surface area contributed by atoms with Gasteiger partial charge in [0.2, 0.25) is 0 Å². The van der Waals surface area contributed by atoms with Gasteiger partial charge in [-0.15, -0.1) is 45.3 Å². The van der Waals surface area contributed by atoms with Gasteiger partial charge in [-0.3, -0.25) is 0 Å². The number of hydrogen-bond acceptors (Lipinski definition) is 16. The van der Waals surface area contributed by atoms with Gasteiger partial charge in [0.25, 0.3) is 0 Å². The Balaban J connectivity index is 1.10. The lowest BCUT2D eigenvalue weighted by atomic mass is 9.91. The number of thiophene rings is 4. The predicted octanol–water partition coefficient (Wildman–Crippen LogP) is 11.1. The van der Waals surface area contributed by atoms with Crippen molar-refractivity contribution in [1.29, 1.82) is 0 Å². The van der Waals surface area contributed by atoms with Gasteiger partial charge >= 0.3 is 23.9 Å². The quantitative estimate of drug-likeness (QED) is 0.0530. The summed E-state index contributed by atoms with van der Waals surface area (Å²) in [5.41, 5.74) is 5.86. The molecule has 0 N–H and O–H groups in total. The molecule has 4 aromatic carbocycles. The maximum absolute atomic E-state index is 13.3. The fourth-order valence-electron chi connectivity index (χ4n) is 8.10. The number of hydrogen-bond donors (Lipinski definition) is 0. The van der Waals surface area contributed by atoms with E-state index in [1.54, 1.807) is 0 Å². The van der Waals surface area contributed by atoms with Crippen LogP contribution in [0.25, 0.3) is 0 Å². The second-order valence-electron chi connectivity index (χ2n) is 16.4. The maximum atomic E-state index is 13.3. The number of carbonyl (C=O) groups is 4. The van der Waals surface area contributed by atoms with Crippen molar-refractivity contribution in [2.45, 2.75) is 52.1 Å². The molecule has 8 aromatic rings. The van der Waals surface area contributed by atoms with Crippen LogP contribution in [0.5, 0.6) is 23.0 Å². The molecular formula is C56H48O12S4. The smallest absolute Gasteiger partial charge is 0.344 e. The van der Waals surface area contributed by atoms with Crippen molar-refractivity contribution < 1.29 is 57.1 Å². The average Bonchev–Trinajstić information content (AvgIpc) is 4.26. The van der Waals surface area contributed by atoms with Crippen molar-refractivity contribution in [3.63, 3.8) is 0 Å². The highest BCUT2D eigenvalue weighted by molar-refractivity contribution is 7.10. The molecule has 0 spiro atoms. The van der Waals surface area contributed by atoms with Gasteiger partial charge in [0, 0.05) is 45.2 Å². The van der Waals surface area contributed by atoms with Gasteiger partial charge in [0.05, 0.1) is 0 Å². The largest absolute Gasteiger partial charge is 0.481 e. The summed E-state index contributed by atoms with van der Waals surface area (Å²) in [5, 5.41) is 7.68. The van der Waals surface area contributed by atoms with Crippen LogP contribution in [0.2, 0.25) is 0 Å².